The van der Waals surface area contributed by atoms with Crippen LogP contribution in [-0.4, -0.2) is 88.5 Å². The quantitative estimate of drug-likeness (QED) is 0.134. The molecule has 6 N–H and O–H groups in total. The minimum atomic E-state index is -1.78. The number of rotatable bonds is 16. The average Bonchev–Trinajstić information content (AvgIpc) is 2.95. The lowest BCUT2D eigenvalue weighted by molar-refractivity contribution is -0.155. The van der Waals surface area contributed by atoms with Crippen molar-refractivity contribution in [2.24, 2.45) is 0 Å². The number of aliphatic hydroxyl groups excluding tert-OH is 4. The number of hydrogen-bond acceptors (Lipinski definition) is 9. The van der Waals surface area contributed by atoms with Gasteiger partial charge in [0.15, 0.2) is 6.23 Å². The summed E-state index contributed by atoms with van der Waals surface area (Å²) in [4.78, 5) is 33.3. The minimum Gasteiger partial charge on any atom is -0.497 e. The van der Waals surface area contributed by atoms with E-state index in [1.807, 2.05) is 13.8 Å². The van der Waals surface area contributed by atoms with E-state index < -0.39 is 37.1 Å². The topological polar surface area (TPSA) is 161 Å². The van der Waals surface area contributed by atoms with Crippen molar-refractivity contribution < 1.29 is 39.6 Å². The molecule has 0 saturated heterocycles. The molecule has 11 heteroatoms. The van der Waals surface area contributed by atoms with Crippen LogP contribution in [0.25, 0.3) is 0 Å². The van der Waals surface area contributed by atoms with Crippen LogP contribution in [0.1, 0.15) is 58.5 Å². The molecule has 2 rings (SSSR count). The van der Waals surface area contributed by atoms with Crippen LogP contribution in [-0.2, 0) is 11.4 Å². The number of carbonyl (C=O) groups excluding carboxylic acids is 2. The molecule has 11 nitrogen and oxygen atoms in total. The molecule has 216 valence electrons. The van der Waals surface area contributed by atoms with Gasteiger partial charge in [0.2, 0.25) is 0 Å². The van der Waals surface area contributed by atoms with E-state index in [4.69, 9.17) is 9.57 Å². The molecular weight excluding hydrogens is 506 g/mol. The van der Waals surface area contributed by atoms with Crippen molar-refractivity contribution in [3.63, 3.8) is 0 Å². The number of aryl methyl sites for hydroxylation is 1. The van der Waals surface area contributed by atoms with Crippen LogP contribution >= 0.6 is 0 Å². The average molecular weight is 548 g/mol. The third kappa shape index (κ3) is 9.57. The Morgan fingerprint density at radius 1 is 0.974 bits per heavy atom. The lowest BCUT2D eigenvalue weighted by Crippen LogP contribution is -2.54. The van der Waals surface area contributed by atoms with E-state index in [0.29, 0.717) is 30.0 Å². The Labute approximate surface area is 229 Å². The number of nitrogens with one attached hydrogen (secondary N) is 2. The fraction of sp³-hybridized carbons (Fsp3) is 0.500. The van der Waals surface area contributed by atoms with Gasteiger partial charge in [-0.25, -0.2) is 5.48 Å². The third-order valence-electron chi connectivity index (χ3n) is 6.02. The third-order valence-corrected chi connectivity index (χ3v) is 6.02. The Morgan fingerprint density at radius 2 is 1.64 bits per heavy atom. The number of hydrogen-bond donors (Lipinski definition) is 6. The van der Waals surface area contributed by atoms with Crippen LogP contribution in [0.15, 0.2) is 42.5 Å². The molecular formula is C28H41N3O8. The minimum absolute atomic E-state index is 0.143. The maximum Gasteiger partial charge on any atom is 0.274 e. The van der Waals surface area contributed by atoms with Gasteiger partial charge in [0, 0.05) is 30.8 Å². The fourth-order valence-corrected chi connectivity index (χ4v) is 4.00. The monoisotopic (exact) mass is 547 g/mol. The van der Waals surface area contributed by atoms with Gasteiger partial charge in [-0.2, -0.15) is 0 Å². The van der Waals surface area contributed by atoms with Crippen LogP contribution in [0.3, 0.4) is 0 Å². The second-order valence-electron chi connectivity index (χ2n) is 9.31. The van der Waals surface area contributed by atoms with Crippen molar-refractivity contribution in [1.29, 1.82) is 0 Å². The van der Waals surface area contributed by atoms with Crippen molar-refractivity contribution in [3.05, 3.63) is 64.7 Å². The second kappa shape index (κ2) is 16.1. The highest BCUT2D eigenvalue weighted by molar-refractivity contribution is 5.99. The lowest BCUT2D eigenvalue weighted by Gasteiger charge is -2.29. The van der Waals surface area contributed by atoms with Gasteiger partial charge in [0.1, 0.15) is 24.1 Å². The molecule has 39 heavy (non-hydrogen) atoms. The van der Waals surface area contributed by atoms with Crippen LogP contribution < -0.4 is 15.5 Å². The zero-order valence-electron chi connectivity index (χ0n) is 23.0. The lowest BCUT2D eigenvalue weighted by atomic mass is 10.0. The Morgan fingerprint density at radius 3 is 2.26 bits per heavy atom. The largest absolute Gasteiger partial charge is 0.497 e. The Bertz CT molecular complexity index is 1060. The van der Waals surface area contributed by atoms with Crippen LogP contribution in [0.2, 0.25) is 0 Å². The number of nitrogens with zero attached hydrogens (tertiary/aromatic N) is 1. The van der Waals surface area contributed by atoms with Crippen molar-refractivity contribution >= 4 is 11.8 Å². The number of carbonyl (C=O) groups is 2. The first-order valence-electron chi connectivity index (χ1n) is 13.0. The van der Waals surface area contributed by atoms with E-state index >= 15 is 0 Å². The van der Waals surface area contributed by atoms with Gasteiger partial charge in [-0.3, -0.25) is 19.7 Å². The summed E-state index contributed by atoms with van der Waals surface area (Å²) in [6.07, 6.45) is -4.92. The first-order chi connectivity index (χ1) is 18.6. The molecule has 0 saturated carbocycles. The van der Waals surface area contributed by atoms with Gasteiger partial charge in [-0.15, -0.1) is 0 Å². The van der Waals surface area contributed by atoms with Crippen molar-refractivity contribution in [2.45, 2.75) is 64.7 Å². The fourth-order valence-electron chi connectivity index (χ4n) is 4.00. The summed E-state index contributed by atoms with van der Waals surface area (Å²) in [6, 6.07) is 11.9. The predicted molar refractivity (Wildman–Crippen MR) is 145 cm³/mol. The summed E-state index contributed by atoms with van der Waals surface area (Å²) >= 11 is 0. The highest BCUT2D eigenvalue weighted by Crippen LogP contribution is 2.15. The molecule has 2 aromatic carbocycles. The molecule has 1 unspecified atom stereocenters. The van der Waals surface area contributed by atoms with E-state index in [-0.39, 0.29) is 18.0 Å². The summed E-state index contributed by atoms with van der Waals surface area (Å²) in [7, 11) is 1.53. The molecule has 0 radical (unpaired) electrons. The molecule has 0 fully saturated rings. The predicted octanol–water partition coefficient (Wildman–Crippen LogP) is 1.12. The van der Waals surface area contributed by atoms with E-state index in [2.05, 4.69) is 10.8 Å². The zero-order valence-corrected chi connectivity index (χ0v) is 23.0. The Hall–Kier alpha value is -3.06. The van der Waals surface area contributed by atoms with Crippen molar-refractivity contribution in [1.82, 2.24) is 15.7 Å². The van der Waals surface area contributed by atoms with Crippen molar-refractivity contribution in [3.8, 4) is 5.75 Å². The van der Waals surface area contributed by atoms with E-state index in [0.717, 1.165) is 18.4 Å². The molecule has 0 bridgehead atoms. The van der Waals surface area contributed by atoms with Crippen LogP contribution in [0, 0.1) is 6.92 Å². The molecule has 4 atom stereocenters. The maximum absolute atomic E-state index is 13.1. The SMILES string of the molecule is CCCN(CCC)C(=O)c1cc(C)cc(C(=O)NOC(NCc2cccc(OC)c2)[C@H](O)[C@@H](O)[C@@H](O)CO)c1. The number of amides is 2. The first kappa shape index (κ1) is 32.2. The first-order valence-corrected chi connectivity index (χ1v) is 13.0. The maximum atomic E-state index is 13.1. The number of hydroxylamine groups is 1. The van der Waals surface area contributed by atoms with Gasteiger partial charge >= 0.3 is 0 Å². The second-order valence-corrected chi connectivity index (χ2v) is 9.31. The summed E-state index contributed by atoms with van der Waals surface area (Å²) in [5, 5.41) is 42.7. The van der Waals surface area contributed by atoms with Gasteiger partial charge < -0.3 is 30.1 Å². The number of aliphatic hydroxyl groups is 4. The highest BCUT2D eigenvalue weighted by atomic mass is 16.7. The highest BCUT2D eigenvalue weighted by Gasteiger charge is 2.32. The number of benzene rings is 2. The summed E-state index contributed by atoms with van der Waals surface area (Å²) in [6.45, 7) is 6.31. The molecule has 0 heterocycles. The molecule has 2 aromatic rings. The number of ether oxygens (including phenoxy) is 1. The molecule has 0 aromatic heterocycles. The molecule has 0 aliphatic rings. The molecule has 0 aliphatic heterocycles. The summed E-state index contributed by atoms with van der Waals surface area (Å²) in [5.41, 5.74) is 4.25. The van der Waals surface area contributed by atoms with E-state index in [1.54, 1.807) is 48.2 Å². The van der Waals surface area contributed by atoms with E-state index in [9.17, 15) is 30.0 Å². The molecule has 0 aliphatic carbocycles. The molecule has 2 amide bonds. The molecule has 0 spiro atoms. The van der Waals surface area contributed by atoms with Gasteiger partial charge in [0.25, 0.3) is 11.8 Å². The van der Waals surface area contributed by atoms with Gasteiger partial charge in [-0.05, 0) is 61.2 Å². The van der Waals surface area contributed by atoms with Crippen molar-refractivity contribution in [2.75, 3.05) is 26.8 Å². The summed E-state index contributed by atoms with van der Waals surface area (Å²) in [5.74, 6) is -0.243. The Balaban J connectivity index is 2.20. The van der Waals surface area contributed by atoms with Gasteiger partial charge in [-0.1, -0.05) is 26.0 Å². The van der Waals surface area contributed by atoms with E-state index in [1.165, 1.54) is 13.2 Å². The number of methoxy groups -OCH3 is 1. The smallest absolute Gasteiger partial charge is 0.274 e. The van der Waals surface area contributed by atoms with Crippen LogP contribution in [0.5, 0.6) is 5.75 Å². The van der Waals surface area contributed by atoms with Crippen LogP contribution in [0.4, 0.5) is 0 Å². The summed E-state index contributed by atoms with van der Waals surface area (Å²) < 4.78 is 5.21. The Kier molecular flexibility index (Phi) is 13.3. The normalized spacial score (nSPS) is 14.3. The zero-order chi connectivity index (χ0) is 28.9. The van der Waals surface area contributed by atoms with Gasteiger partial charge in [0.05, 0.1) is 13.7 Å². The standard InChI is InChI=1S/C28H41N3O8/c1-5-10-31(11-6-2)28(37)21-13-18(3)12-20(15-21)26(36)30-39-27(25(35)24(34)23(33)17-32)29-16-19-8-7-9-22(14-19)38-4/h7-9,12-15,23-25,27,29,32-35H,5-6,10-11,16-17H2,1-4H3,(H,30,36)/t23-,24-,25+,27?/m0/s1.